The average molecular weight is 805 g/mol. The molecule has 8 rings (SSSR count). The number of carbonyl (C=O) groups is 4. The molecule has 3 aromatic carbocycles. The highest BCUT2D eigenvalue weighted by Crippen LogP contribution is 2.33. The lowest BCUT2D eigenvalue weighted by molar-refractivity contribution is -0.138. The zero-order chi connectivity index (χ0) is 41.2. The number of hydrogen-bond donors (Lipinski definition) is 1. The minimum atomic E-state index is -0.634. The first-order valence-corrected chi connectivity index (χ1v) is 20.8. The summed E-state index contributed by atoms with van der Waals surface area (Å²) in [6.07, 6.45) is 5.69. The summed E-state index contributed by atoms with van der Waals surface area (Å²) < 4.78 is 2.00. The smallest absolute Gasteiger partial charge is 0.255 e. The number of aromatic nitrogens is 2. The van der Waals surface area contributed by atoms with Crippen LogP contribution in [0.3, 0.4) is 0 Å². The number of likely N-dealkylation sites (tertiary alicyclic amines) is 1. The largest absolute Gasteiger partial charge is 0.342 e. The molecule has 1 saturated carbocycles. The van der Waals surface area contributed by atoms with Gasteiger partial charge >= 0.3 is 0 Å². The molecule has 59 heavy (non-hydrogen) atoms. The van der Waals surface area contributed by atoms with E-state index in [0.29, 0.717) is 35.7 Å². The summed E-state index contributed by atoms with van der Waals surface area (Å²) in [5, 5.41) is 16.9. The van der Waals surface area contributed by atoms with Crippen molar-refractivity contribution in [1.29, 1.82) is 5.26 Å². The molecule has 11 heteroatoms. The first-order valence-electron chi connectivity index (χ1n) is 20.5. The highest BCUT2D eigenvalue weighted by molar-refractivity contribution is 6.32. The van der Waals surface area contributed by atoms with Crippen LogP contribution in [0, 0.1) is 66.6 Å². The van der Waals surface area contributed by atoms with Gasteiger partial charge in [-0.25, -0.2) is 0 Å². The van der Waals surface area contributed by atoms with Crippen LogP contribution >= 0.6 is 11.6 Å². The molecular formula is C48H45ClN6O4. The summed E-state index contributed by atoms with van der Waals surface area (Å²) >= 11 is 6.30. The fraction of sp³-hybridized carbons (Fsp3) is 0.375. The molecule has 3 fully saturated rings. The number of rotatable bonds is 5. The highest BCUT2D eigenvalue weighted by atomic mass is 35.5. The maximum absolute atomic E-state index is 13.5. The van der Waals surface area contributed by atoms with E-state index in [-0.39, 0.29) is 41.9 Å². The SMILES string of the molecule is Cc1c(-c2ccc(C#N)c(Cl)c2)nn(Cc2ccc(C#CC3CCN(C(=O)C4CCC(C#Cc5ccc6c(c5)C(=O)N(C5CCC(=O)NC5=O)C6)CC4)CC3)cc2)c1C. The molecule has 1 aromatic heterocycles. The predicted molar refractivity (Wildman–Crippen MR) is 223 cm³/mol. The molecule has 4 heterocycles. The third kappa shape index (κ3) is 8.54. The monoisotopic (exact) mass is 804 g/mol. The Morgan fingerprint density at radius 2 is 1.56 bits per heavy atom. The zero-order valence-electron chi connectivity index (χ0n) is 33.3. The molecule has 4 aromatic rings. The number of nitriles is 1. The number of halogens is 1. The van der Waals surface area contributed by atoms with Crippen molar-refractivity contribution in [1.82, 2.24) is 24.9 Å². The summed E-state index contributed by atoms with van der Waals surface area (Å²) in [4.78, 5) is 54.3. The fourth-order valence-corrected chi connectivity index (χ4v) is 8.90. The Morgan fingerprint density at radius 1 is 0.864 bits per heavy atom. The van der Waals surface area contributed by atoms with Crippen LogP contribution in [0.4, 0.5) is 0 Å². The first-order chi connectivity index (χ1) is 28.5. The third-order valence-electron chi connectivity index (χ3n) is 12.4. The zero-order valence-corrected chi connectivity index (χ0v) is 34.1. The van der Waals surface area contributed by atoms with Gasteiger partial charge < -0.3 is 9.80 Å². The minimum Gasteiger partial charge on any atom is -0.342 e. The van der Waals surface area contributed by atoms with E-state index in [9.17, 15) is 24.4 Å². The van der Waals surface area contributed by atoms with E-state index in [2.05, 4.69) is 73.2 Å². The molecular weight excluding hydrogens is 760 g/mol. The van der Waals surface area contributed by atoms with Crippen molar-refractivity contribution in [2.75, 3.05) is 13.1 Å². The molecule has 0 bridgehead atoms. The second kappa shape index (κ2) is 17.0. The molecule has 0 spiro atoms. The minimum absolute atomic E-state index is 0.0283. The van der Waals surface area contributed by atoms with Crippen molar-refractivity contribution in [3.63, 3.8) is 0 Å². The molecule has 0 radical (unpaired) electrons. The molecule has 1 aliphatic carbocycles. The van der Waals surface area contributed by atoms with E-state index in [1.807, 2.05) is 33.8 Å². The van der Waals surface area contributed by atoms with Crippen LogP contribution in [-0.4, -0.2) is 62.3 Å². The van der Waals surface area contributed by atoms with Crippen molar-refractivity contribution in [2.24, 2.45) is 17.8 Å². The van der Waals surface area contributed by atoms with Crippen LogP contribution in [0.1, 0.15) is 101 Å². The van der Waals surface area contributed by atoms with E-state index in [0.717, 1.165) is 96.4 Å². The second-order valence-corrected chi connectivity index (χ2v) is 16.6. The Bertz CT molecular complexity index is 2510. The Kier molecular flexibility index (Phi) is 11.4. The van der Waals surface area contributed by atoms with Gasteiger partial charge in [0.25, 0.3) is 5.91 Å². The summed E-state index contributed by atoms with van der Waals surface area (Å²) in [6.45, 7) is 6.55. The number of amides is 4. The van der Waals surface area contributed by atoms with Gasteiger partial charge in [-0.3, -0.25) is 29.2 Å². The van der Waals surface area contributed by atoms with Crippen LogP contribution in [0.25, 0.3) is 11.3 Å². The quantitative estimate of drug-likeness (QED) is 0.172. The second-order valence-electron chi connectivity index (χ2n) is 16.2. The van der Waals surface area contributed by atoms with Gasteiger partial charge in [0.05, 0.1) is 22.8 Å². The van der Waals surface area contributed by atoms with Crippen LogP contribution in [0.15, 0.2) is 60.7 Å². The standard InChI is InChI=1S/C48H45ClN6O4/c1-30-31(2)55(52-45(30)38-17-18-39(27-50)42(49)26-38)28-36-9-6-32(7-10-36)3-4-34-21-23-53(24-22-34)47(58)37-14-11-33(12-15-37)5-8-35-13-16-40-29-54(48(59)41(40)25-35)43-19-20-44(56)51-46(43)57/h6-7,9-10,13,16-18,25-26,33-34,37,43H,11-12,14-15,19-24,28-29H2,1-2H3,(H,51,56,57). The fourth-order valence-electron chi connectivity index (χ4n) is 8.67. The van der Waals surface area contributed by atoms with Gasteiger partial charge in [0.2, 0.25) is 17.7 Å². The Morgan fingerprint density at radius 3 is 2.25 bits per heavy atom. The molecule has 2 saturated heterocycles. The summed E-state index contributed by atoms with van der Waals surface area (Å²) in [5.74, 6) is 13.3. The maximum Gasteiger partial charge on any atom is 0.255 e. The molecule has 3 aliphatic heterocycles. The average Bonchev–Trinajstić information content (AvgIpc) is 3.72. The third-order valence-corrected chi connectivity index (χ3v) is 12.7. The lowest BCUT2D eigenvalue weighted by Gasteiger charge is -2.34. The van der Waals surface area contributed by atoms with E-state index < -0.39 is 11.9 Å². The molecule has 1 unspecified atom stereocenters. The number of nitrogens with one attached hydrogen (secondary N) is 1. The molecule has 4 amide bonds. The van der Waals surface area contributed by atoms with Crippen LogP contribution in [-0.2, 0) is 27.5 Å². The molecule has 4 aliphatic rings. The van der Waals surface area contributed by atoms with Crippen molar-refractivity contribution in [2.45, 2.75) is 84.3 Å². The van der Waals surface area contributed by atoms with Gasteiger partial charge in [-0.15, -0.1) is 0 Å². The summed E-state index contributed by atoms with van der Waals surface area (Å²) in [7, 11) is 0. The summed E-state index contributed by atoms with van der Waals surface area (Å²) in [6, 6.07) is 20.8. The van der Waals surface area contributed by atoms with Gasteiger partial charge in [0.15, 0.2) is 0 Å². The van der Waals surface area contributed by atoms with Crippen molar-refractivity contribution in [3.05, 3.63) is 110 Å². The highest BCUT2D eigenvalue weighted by Gasteiger charge is 2.39. The van der Waals surface area contributed by atoms with Crippen molar-refractivity contribution in [3.8, 4) is 41.0 Å². The van der Waals surface area contributed by atoms with E-state index in [1.165, 1.54) is 0 Å². The van der Waals surface area contributed by atoms with Gasteiger partial charge in [-0.05, 0) is 112 Å². The Labute approximate surface area is 349 Å². The summed E-state index contributed by atoms with van der Waals surface area (Å²) in [5.41, 5.74) is 8.62. The van der Waals surface area contributed by atoms with Crippen LogP contribution < -0.4 is 5.32 Å². The number of benzene rings is 3. The van der Waals surface area contributed by atoms with Crippen molar-refractivity contribution < 1.29 is 19.2 Å². The molecule has 1 atom stereocenters. The number of piperidine rings is 2. The van der Waals surface area contributed by atoms with Crippen molar-refractivity contribution >= 4 is 35.2 Å². The van der Waals surface area contributed by atoms with Gasteiger partial charge in [-0.2, -0.15) is 10.4 Å². The maximum atomic E-state index is 13.5. The first kappa shape index (κ1) is 39.7. The topological polar surface area (TPSA) is 128 Å². The van der Waals surface area contributed by atoms with Gasteiger partial charge in [0, 0.05) is 71.8 Å². The van der Waals surface area contributed by atoms with E-state index in [4.69, 9.17) is 16.7 Å². The number of imide groups is 1. The Hall–Kier alpha value is -6.15. The number of fused-ring (bicyclic) bond motifs is 1. The van der Waals surface area contributed by atoms with Gasteiger partial charge in [0.1, 0.15) is 12.1 Å². The number of carbonyl (C=O) groups excluding carboxylic acids is 4. The normalized spacial score (nSPS) is 20.5. The lowest BCUT2D eigenvalue weighted by atomic mass is 9.81. The van der Waals surface area contributed by atoms with E-state index in [1.54, 1.807) is 17.0 Å². The number of nitrogens with zero attached hydrogens (tertiary/aromatic N) is 5. The molecule has 298 valence electrons. The molecule has 10 nitrogen and oxygen atoms in total. The van der Waals surface area contributed by atoms with Gasteiger partial charge in [-0.1, -0.05) is 59.5 Å². The molecule has 1 N–H and O–H groups in total. The lowest BCUT2D eigenvalue weighted by Crippen LogP contribution is -2.52. The number of hydrogen-bond acceptors (Lipinski definition) is 6. The van der Waals surface area contributed by atoms with E-state index >= 15 is 0 Å². The Balaban J connectivity index is 0.787. The van der Waals surface area contributed by atoms with Crippen LogP contribution in [0.2, 0.25) is 5.02 Å². The predicted octanol–water partition coefficient (Wildman–Crippen LogP) is 6.95. The van der Waals surface area contributed by atoms with Crippen LogP contribution in [0.5, 0.6) is 0 Å².